The number of carbonyl (C=O) groups excluding carboxylic acids is 4. The molecule has 3 rings (SSSR count). The molecule has 2 heterocycles. The van der Waals surface area contributed by atoms with Gasteiger partial charge in [0.25, 0.3) is 5.91 Å². The highest BCUT2D eigenvalue weighted by molar-refractivity contribution is 6.06. The minimum atomic E-state index is -0.665. The highest BCUT2D eigenvalue weighted by Gasteiger charge is 2.40. The second-order valence-corrected chi connectivity index (χ2v) is 8.15. The van der Waals surface area contributed by atoms with Crippen LogP contribution in [-0.4, -0.2) is 53.8 Å². The van der Waals surface area contributed by atoms with Crippen LogP contribution in [0.1, 0.15) is 49.5 Å². The summed E-state index contributed by atoms with van der Waals surface area (Å²) in [6.07, 6.45) is 0.523. The fraction of sp³-hybridized carbons (Fsp3) is 0.500. The van der Waals surface area contributed by atoms with E-state index in [0.717, 1.165) is 11.3 Å². The molecule has 1 aromatic rings. The highest BCUT2D eigenvalue weighted by Crippen LogP contribution is 2.33. The van der Waals surface area contributed by atoms with Crippen molar-refractivity contribution < 1.29 is 23.9 Å². The molecule has 0 radical (unpaired) electrons. The minimum Gasteiger partial charge on any atom is -0.459 e. The van der Waals surface area contributed by atoms with Crippen molar-refractivity contribution in [2.24, 2.45) is 0 Å². The van der Waals surface area contributed by atoms with Crippen LogP contribution >= 0.6 is 0 Å². The maximum absolute atomic E-state index is 12.9. The molecule has 1 unspecified atom stereocenters. The van der Waals surface area contributed by atoms with Gasteiger partial charge in [-0.1, -0.05) is 6.07 Å². The zero-order chi connectivity index (χ0) is 20.6. The zero-order valence-corrected chi connectivity index (χ0v) is 16.6. The molecule has 1 fully saturated rings. The Labute approximate surface area is 163 Å². The van der Waals surface area contributed by atoms with Gasteiger partial charge in [-0.3, -0.25) is 24.5 Å². The van der Waals surface area contributed by atoms with Gasteiger partial charge in [-0.2, -0.15) is 0 Å². The monoisotopic (exact) mass is 387 g/mol. The molecule has 0 aromatic heterocycles. The van der Waals surface area contributed by atoms with E-state index in [1.54, 1.807) is 24.1 Å². The Hall–Kier alpha value is -2.90. The van der Waals surface area contributed by atoms with Crippen LogP contribution in [0, 0.1) is 0 Å². The summed E-state index contributed by atoms with van der Waals surface area (Å²) in [7, 11) is 1.76. The summed E-state index contributed by atoms with van der Waals surface area (Å²) in [6.45, 7) is 5.72. The van der Waals surface area contributed by atoms with Gasteiger partial charge >= 0.3 is 5.97 Å². The van der Waals surface area contributed by atoms with E-state index in [2.05, 4.69) is 5.32 Å². The SMILES string of the molecule is CN(CC(=O)OC(C)(C)C)c1cccc2c1CN(C1CCC(=O)NC1=O)C2=O. The fourth-order valence-electron chi connectivity index (χ4n) is 3.58. The summed E-state index contributed by atoms with van der Waals surface area (Å²) >= 11 is 0. The topological polar surface area (TPSA) is 96.0 Å². The lowest BCUT2D eigenvalue weighted by molar-refractivity contribution is -0.153. The zero-order valence-electron chi connectivity index (χ0n) is 16.6. The summed E-state index contributed by atoms with van der Waals surface area (Å²) in [4.78, 5) is 51.8. The van der Waals surface area contributed by atoms with E-state index >= 15 is 0 Å². The molecule has 1 aromatic carbocycles. The summed E-state index contributed by atoms with van der Waals surface area (Å²) in [6, 6.07) is 4.64. The number of benzene rings is 1. The Balaban J connectivity index is 1.79. The van der Waals surface area contributed by atoms with E-state index < -0.39 is 17.6 Å². The number of fused-ring (bicyclic) bond motifs is 1. The number of hydrogen-bond acceptors (Lipinski definition) is 6. The van der Waals surface area contributed by atoms with E-state index in [4.69, 9.17) is 4.74 Å². The maximum atomic E-state index is 12.9. The van der Waals surface area contributed by atoms with Crippen LogP contribution in [0.4, 0.5) is 5.69 Å². The molecule has 8 heteroatoms. The van der Waals surface area contributed by atoms with Crippen molar-refractivity contribution in [3.63, 3.8) is 0 Å². The lowest BCUT2D eigenvalue weighted by Gasteiger charge is -2.29. The number of rotatable bonds is 4. The number of amides is 3. The van der Waals surface area contributed by atoms with Crippen LogP contribution in [0.15, 0.2) is 18.2 Å². The summed E-state index contributed by atoms with van der Waals surface area (Å²) in [5.41, 5.74) is 1.45. The van der Waals surface area contributed by atoms with Gasteiger partial charge in [0, 0.05) is 36.8 Å². The smallest absolute Gasteiger partial charge is 0.326 e. The Kier molecular flexibility index (Phi) is 5.14. The van der Waals surface area contributed by atoms with Gasteiger partial charge in [-0.05, 0) is 39.3 Å². The molecule has 3 amide bonds. The Bertz CT molecular complexity index is 843. The molecule has 0 spiro atoms. The predicted molar refractivity (Wildman–Crippen MR) is 102 cm³/mol. The number of esters is 1. The summed E-state index contributed by atoms with van der Waals surface area (Å²) in [5.74, 6) is -1.36. The van der Waals surface area contributed by atoms with Crippen LogP contribution < -0.4 is 10.2 Å². The van der Waals surface area contributed by atoms with Crippen molar-refractivity contribution in [3.8, 4) is 0 Å². The van der Waals surface area contributed by atoms with Crippen molar-refractivity contribution >= 4 is 29.4 Å². The standard InChI is InChI=1S/C20H25N3O5/c1-20(2,3)28-17(25)11-22(4)14-7-5-6-12-13(14)10-23(19(12)27)15-8-9-16(24)21-18(15)26/h5-7,15H,8-11H2,1-4H3,(H,21,24,26). The van der Waals surface area contributed by atoms with E-state index in [9.17, 15) is 19.2 Å². The van der Waals surface area contributed by atoms with Gasteiger partial charge in [0.2, 0.25) is 11.8 Å². The highest BCUT2D eigenvalue weighted by atomic mass is 16.6. The van der Waals surface area contributed by atoms with Gasteiger partial charge in [-0.15, -0.1) is 0 Å². The first-order chi connectivity index (χ1) is 13.1. The quantitative estimate of drug-likeness (QED) is 0.617. The molecule has 28 heavy (non-hydrogen) atoms. The van der Waals surface area contributed by atoms with Gasteiger partial charge in [0.05, 0.1) is 0 Å². The number of anilines is 1. The molecule has 1 atom stereocenters. The number of ether oxygens (including phenoxy) is 1. The number of nitrogens with one attached hydrogen (secondary N) is 1. The lowest BCUT2D eigenvalue weighted by atomic mass is 10.0. The van der Waals surface area contributed by atoms with Gasteiger partial charge < -0.3 is 14.5 Å². The van der Waals surface area contributed by atoms with Crippen LogP contribution in [0.25, 0.3) is 0 Å². The maximum Gasteiger partial charge on any atom is 0.326 e. The molecular formula is C20H25N3O5. The number of likely N-dealkylation sites (N-methyl/N-ethyl adjacent to an activating group) is 1. The molecule has 0 aliphatic carbocycles. The average molecular weight is 387 g/mol. The van der Waals surface area contributed by atoms with Crippen molar-refractivity contribution in [1.29, 1.82) is 0 Å². The second-order valence-electron chi connectivity index (χ2n) is 8.15. The molecule has 1 saturated heterocycles. The molecule has 2 aliphatic rings. The molecular weight excluding hydrogens is 362 g/mol. The van der Waals surface area contributed by atoms with Crippen LogP contribution in [0.2, 0.25) is 0 Å². The molecule has 2 aliphatic heterocycles. The third-order valence-electron chi connectivity index (χ3n) is 4.75. The van der Waals surface area contributed by atoms with Crippen molar-refractivity contribution in [1.82, 2.24) is 10.2 Å². The largest absolute Gasteiger partial charge is 0.459 e. The number of imide groups is 1. The molecule has 0 bridgehead atoms. The number of hydrogen-bond donors (Lipinski definition) is 1. The molecule has 8 nitrogen and oxygen atoms in total. The molecule has 0 saturated carbocycles. The Morgan fingerprint density at radius 1 is 1.29 bits per heavy atom. The predicted octanol–water partition coefficient (Wildman–Crippen LogP) is 1.23. The molecule has 1 N–H and O–H groups in total. The normalized spacial score (nSPS) is 19.4. The Morgan fingerprint density at radius 3 is 2.64 bits per heavy atom. The van der Waals surface area contributed by atoms with E-state index in [0.29, 0.717) is 12.0 Å². The lowest BCUT2D eigenvalue weighted by Crippen LogP contribution is -2.52. The van der Waals surface area contributed by atoms with Gasteiger partial charge in [0.1, 0.15) is 18.2 Å². The van der Waals surface area contributed by atoms with Gasteiger partial charge in [0.15, 0.2) is 0 Å². The van der Waals surface area contributed by atoms with Crippen LogP contribution in [0.5, 0.6) is 0 Å². The van der Waals surface area contributed by atoms with Crippen molar-refractivity contribution in [2.45, 2.75) is 51.8 Å². The van der Waals surface area contributed by atoms with Crippen LogP contribution in [0.3, 0.4) is 0 Å². The van der Waals surface area contributed by atoms with Gasteiger partial charge in [-0.25, -0.2) is 0 Å². The third kappa shape index (κ3) is 4.00. The van der Waals surface area contributed by atoms with Crippen molar-refractivity contribution in [3.05, 3.63) is 29.3 Å². The van der Waals surface area contributed by atoms with E-state index in [1.807, 2.05) is 26.8 Å². The Morgan fingerprint density at radius 2 is 2.00 bits per heavy atom. The number of nitrogens with zero attached hydrogens (tertiary/aromatic N) is 2. The second kappa shape index (κ2) is 7.26. The van der Waals surface area contributed by atoms with E-state index in [-0.39, 0.29) is 37.3 Å². The third-order valence-corrected chi connectivity index (χ3v) is 4.75. The van der Waals surface area contributed by atoms with E-state index in [1.165, 1.54) is 4.90 Å². The average Bonchev–Trinajstić information content (AvgIpc) is 2.90. The minimum absolute atomic E-state index is 0.0420. The van der Waals surface area contributed by atoms with Crippen molar-refractivity contribution in [2.75, 3.05) is 18.5 Å². The first-order valence-corrected chi connectivity index (χ1v) is 9.26. The van der Waals surface area contributed by atoms with Crippen LogP contribution in [-0.2, 0) is 25.7 Å². The first-order valence-electron chi connectivity index (χ1n) is 9.26. The summed E-state index contributed by atoms with van der Waals surface area (Å²) in [5, 5.41) is 2.30. The first kappa shape index (κ1) is 19.9. The fourth-order valence-corrected chi connectivity index (χ4v) is 3.58. The number of piperidine rings is 1. The number of carbonyl (C=O) groups is 4. The molecule has 150 valence electrons. The summed E-state index contributed by atoms with van der Waals surface area (Å²) < 4.78 is 5.37.